The first kappa shape index (κ1) is 15.3. The van der Waals surface area contributed by atoms with E-state index in [4.69, 9.17) is 4.74 Å². The molecule has 1 fully saturated rings. The van der Waals surface area contributed by atoms with Crippen LogP contribution in [0.25, 0.3) is 0 Å². The van der Waals surface area contributed by atoms with Crippen LogP contribution in [0.5, 0.6) is 0 Å². The molecule has 0 radical (unpaired) electrons. The summed E-state index contributed by atoms with van der Waals surface area (Å²) >= 11 is 0. The summed E-state index contributed by atoms with van der Waals surface area (Å²) in [5.41, 5.74) is 1.59. The van der Waals surface area contributed by atoms with Gasteiger partial charge in [0, 0.05) is 24.9 Å². The molecule has 5 nitrogen and oxygen atoms in total. The summed E-state index contributed by atoms with van der Waals surface area (Å²) in [4.78, 5) is 0.329. The second kappa shape index (κ2) is 6.56. The predicted octanol–water partition coefficient (Wildman–Crippen LogP) is 1.88. The first-order valence-corrected chi connectivity index (χ1v) is 8.40. The molecule has 1 aromatic carbocycles. The predicted molar refractivity (Wildman–Crippen MR) is 79.5 cm³/mol. The van der Waals surface area contributed by atoms with Gasteiger partial charge < -0.3 is 10.1 Å². The Morgan fingerprint density at radius 1 is 1.25 bits per heavy atom. The lowest BCUT2D eigenvalue weighted by atomic mass is 10.1. The summed E-state index contributed by atoms with van der Waals surface area (Å²) in [6.07, 6.45) is 3.02. The first-order chi connectivity index (χ1) is 9.53. The minimum Gasteiger partial charge on any atom is -0.382 e. The molecule has 2 N–H and O–H groups in total. The van der Waals surface area contributed by atoms with Crippen LogP contribution in [-0.4, -0.2) is 34.7 Å². The maximum atomic E-state index is 12.0. The van der Waals surface area contributed by atoms with Crippen LogP contribution in [0.2, 0.25) is 0 Å². The van der Waals surface area contributed by atoms with Crippen molar-refractivity contribution in [1.82, 2.24) is 4.72 Å². The molecule has 1 aliphatic rings. The van der Waals surface area contributed by atoms with Crippen molar-refractivity contribution >= 4 is 15.7 Å². The summed E-state index contributed by atoms with van der Waals surface area (Å²) < 4.78 is 31.7. The molecule has 0 amide bonds. The highest BCUT2D eigenvalue weighted by atomic mass is 32.2. The zero-order valence-electron chi connectivity index (χ0n) is 12.0. The van der Waals surface area contributed by atoms with Crippen molar-refractivity contribution in [1.29, 1.82) is 0 Å². The van der Waals surface area contributed by atoms with E-state index in [1.165, 1.54) is 7.05 Å². The maximum absolute atomic E-state index is 12.0. The summed E-state index contributed by atoms with van der Waals surface area (Å²) in [6.45, 7) is 3.37. The molecule has 0 aromatic heterocycles. The van der Waals surface area contributed by atoms with E-state index in [0.29, 0.717) is 10.9 Å². The van der Waals surface area contributed by atoms with Gasteiger partial charge in [0.05, 0.1) is 4.90 Å². The van der Waals surface area contributed by atoms with Gasteiger partial charge in [-0.05, 0) is 50.9 Å². The van der Waals surface area contributed by atoms with Gasteiger partial charge in [0.15, 0.2) is 0 Å². The van der Waals surface area contributed by atoms with E-state index >= 15 is 0 Å². The number of hydrogen-bond donors (Lipinski definition) is 2. The highest BCUT2D eigenvalue weighted by molar-refractivity contribution is 7.89. The number of rotatable bonds is 4. The first-order valence-electron chi connectivity index (χ1n) is 6.91. The van der Waals surface area contributed by atoms with Gasteiger partial charge in [0.1, 0.15) is 0 Å². The molecule has 0 saturated carbocycles. The van der Waals surface area contributed by atoms with Crippen molar-refractivity contribution in [2.24, 2.45) is 0 Å². The highest BCUT2D eigenvalue weighted by Gasteiger charge is 2.17. The van der Waals surface area contributed by atoms with E-state index in [1.807, 2.05) is 12.1 Å². The monoisotopic (exact) mass is 298 g/mol. The number of nitrogens with one attached hydrogen (secondary N) is 2. The number of hydrogen-bond acceptors (Lipinski definition) is 4. The Balaban J connectivity index is 2.19. The standard InChI is InChI=1S/C14H22N2O3S/c1-11-5-6-13(10-14(11)20(17,18)15-2)16-12-4-3-8-19-9-7-12/h5-6,10,12,15-16H,3-4,7-9H2,1-2H3. The minimum atomic E-state index is -3.41. The van der Waals surface area contributed by atoms with E-state index < -0.39 is 10.0 Å². The fraction of sp³-hybridized carbons (Fsp3) is 0.571. The van der Waals surface area contributed by atoms with E-state index in [0.717, 1.165) is 43.7 Å². The fourth-order valence-electron chi connectivity index (χ4n) is 2.37. The normalized spacial score (nSPS) is 20.4. The fourth-order valence-corrected chi connectivity index (χ4v) is 3.37. The molecule has 1 aromatic rings. The van der Waals surface area contributed by atoms with Crippen LogP contribution in [0.15, 0.2) is 23.1 Å². The quantitative estimate of drug-likeness (QED) is 0.890. The van der Waals surface area contributed by atoms with Crippen molar-refractivity contribution in [3.05, 3.63) is 23.8 Å². The van der Waals surface area contributed by atoms with Gasteiger partial charge in [0.2, 0.25) is 10.0 Å². The largest absolute Gasteiger partial charge is 0.382 e. The van der Waals surface area contributed by atoms with Crippen LogP contribution in [-0.2, 0) is 14.8 Å². The third kappa shape index (κ3) is 3.71. The molecular formula is C14H22N2O3S. The Morgan fingerprint density at radius 3 is 2.80 bits per heavy atom. The third-order valence-electron chi connectivity index (χ3n) is 3.57. The number of aryl methyl sites for hydroxylation is 1. The molecular weight excluding hydrogens is 276 g/mol. The lowest BCUT2D eigenvalue weighted by Crippen LogP contribution is -2.22. The summed E-state index contributed by atoms with van der Waals surface area (Å²) in [5.74, 6) is 0. The summed E-state index contributed by atoms with van der Waals surface area (Å²) in [6, 6.07) is 5.80. The van der Waals surface area contributed by atoms with Gasteiger partial charge in [-0.1, -0.05) is 6.07 Å². The van der Waals surface area contributed by atoms with E-state index in [-0.39, 0.29) is 0 Å². The number of anilines is 1. The molecule has 1 atom stereocenters. The van der Waals surface area contributed by atoms with Crippen LogP contribution >= 0.6 is 0 Å². The zero-order chi connectivity index (χ0) is 14.6. The van der Waals surface area contributed by atoms with E-state index in [9.17, 15) is 8.42 Å². The van der Waals surface area contributed by atoms with Crippen LogP contribution < -0.4 is 10.0 Å². The van der Waals surface area contributed by atoms with Crippen molar-refractivity contribution in [3.63, 3.8) is 0 Å². The van der Waals surface area contributed by atoms with Crippen molar-refractivity contribution in [2.75, 3.05) is 25.6 Å². The topological polar surface area (TPSA) is 67.4 Å². The molecule has 2 rings (SSSR count). The van der Waals surface area contributed by atoms with Gasteiger partial charge in [-0.3, -0.25) is 0 Å². The second-order valence-corrected chi connectivity index (χ2v) is 6.93. The number of ether oxygens (including phenoxy) is 1. The van der Waals surface area contributed by atoms with Crippen LogP contribution in [0, 0.1) is 6.92 Å². The van der Waals surface area contributed by atoms with Crippen LogP contribution in [0.3, 0.4) is 0 Å². The van der Waals surface area contributed by atoms with Crippen molar-refractivity contribution in [3.8, 4) is 0 Å². The molecule has 0 aliphatic carbocycles. The van der Waals surface area contributed by atoms with Gasteiger partial charge in [-0.2, -0.15) is 0 Å². The van der Waals surface area contributed by atoms with Gasteiger partial charge in [0.25, 0.3) is 0 Å². The molecule has 1 aliphatic heterocycles. The van der Waals surface area contributed by atoms with Gasteiger partial charge in [-0.15, -0.1) is 0 Å². The molecule has 1 unspecified atom stereocenters. The molecule has 1 heterocycles. The lowest BCUT2D eigenvalue weighted by molar-refractivity contribution is 0.144. The van der Waals surface area contributed by atoms with Crippen LogP contribution in [0.4, 0.5) is 5.69 Å². The van der Waals surface area contributed by atoms with Crippen molar-refractivity contribution < 1.29 is 13.2 Å². The van der Waals surface area contributed by atoms with E-state index in [1.54, 1.807) is 13.0 Å². The zero-order valence-corrected chi connectivity index (χ0v) is 12.8. The third-order valence-corrected chi connectivity index (χ3v) is 5.13. The Bertz CT molecular complexity index is 550. The van der Waals surface area contributed by atoms with Gasteiger partial charge in [-0.25, -0.2) is 13.1 Å². The molecule has 6 heteroatoms. The Labute approximate surface area is 120 Å². The van der Waals surface area contributed by atoms with Crippen molar-refractivity contribution in [2.45, 2.75) is 37.1 Å². The molecule has 1 saturated heterocycles. The van der Waals surface area contributed by atoms with Gasteiger partial charge >= 0.3 is 0 Å². The Hall–Kier alpha value is -1.11. The second-order valence-electron chi connectivity index (χ2n) is 5.07. The minimum absolute atomic E-state index is 0.329. The molecule has 0 spiro atoms. The van der Waals surface area contributed by atoms with Crippen LogP contribution in [0.1, 0.15) is 24.8 Å². The van der Waals surface area contributed by atoms with E-state index in [2.05, 4.69) is 10.0 Å². The molecule has 20 heavy (non-hydrogen) atoms. The summed E-state index contributed by atoms with van der Waals surface area (Å²) in [5, 5.41) is 3.41. The number of sulfonamides is 1. The smallest absolute Gasteiger partial charge is 0.240 e. The molecule has 0 bridgehead atoms. The maximum Gasteiger partial charge on any atom is 0.240 e. The highest BCUT2D eigenvalue weighted by Crippen LogP contribution is 2.22. The molecule has 112 valence electrons. The summed E-state index contributed by atoms with van der Waals surface area (Å²) in [7, 11) is -1.99. The Morgan fingerprint density at radius 2 is 2.05 bits per heavy atom. The average molecular weight is 298 g/mol. The lowest BCUT2D eigenvalue weighted by Gasteiger charge is -2.18. The number of benzene rings is 1. The average Bonchev–Trinajstić information content (AvgIpc) is 2.69. The SMILES string of the molecule is CNS(=O)(=O)c1cc(NC2CCCOCC2)ccc1C. The Kier molecular flexibility index (Phi) is 5.01.